The highest BCUT2D eigenvalue weighted by Gasteiger charge is 2.22. The molecule has 6 heteroatoms. The van der Waals surface area contributed by atoms with E-state index in [4.69, 9.17) is 10.3 Å². The quantitative estimate of drug-likeness (QED) is 0.853. The third-order valence-corrected chi connectivity index (χ3v) is 4.53. The molecule has 1 aliphatic heterocycles. The molecule has 19 heavy (non-hydrogen) atoms. The zero-order valence-corrected chi connectivity index (χ0v) is 11.1. The van der Waals surface area contributed by atoms with Crippen LogP contribution in [0.2, 0.25) is 0 Å². The van der Waals surface area contributed by atoms with E-state index in [1.165, 1.54) is 25.0 Å². The molecule has 0 amide bonds. The number of hydrogen-bond donors (Lipinski definition) is 1. The highest BCUT2D eigenvalue weighted by atomic mass is 32.2. The van der Waals surface area contributed by atoms with E-state index >= 15 is 0 Å². The molecule has 1 aromatic heterocycles. The van der Waals surface area contributed by atoms with Crippen LogP contribution in [0.25, 0.3) is 11.5 Å². The van der Waals surface area contributed by atoms with Crippen molar-refractivity contribution in [2.75, 3.05) is 11.5 Å². The molecule has 0 radical (unpaired) electrons. The van der Waals surface area contributed by atoms with Gasteiger partial charge in [0.25, 0.3) is 5.89 Å². The van der Waals surface area contributed by atoms with Gasteiger partial charge >= 0.3 is 0 Å². The number of thioether (sulfide) groups is 1. The average molecular weight is 279 g/mol. The SMILES string of the molecule is Nc1cc(-c2nc(C3CCCCS3)no2)ccc1F. The molecule has 0 aliphatic carbocycles. The molecule has 2 N–H and O–H groups in total. The second-order valence-electron chi connectivity index (χ2n) is 4.55. The maximum Gasteiger partial charge on any atom is 0.258 e. The molecule has 3 rings (SSSR count). The van der Waals surface area contributed by atoms with E-state index in [2.05, 4.69) is 10.1 Å². The Bertz CT molecular complexity index is 581. The highest BCUT2D eigenvalue weighted by molar-refractivity contribution is 7.99. The summed E-state index contributed by atoms with van der Waals surface area (Å²) in [7, 11) is 0. The fraction of sp³-hybridized carbons (Fsp3) is 0.385. The molecule has 1 unspecified atom stereocenters. The maximum atomic E-state index is 13.1. The third-order valence-electron chi connectivity index (χ3n) is 3.15. The molecule has 100 valence electrons. The van der Waals surface area contributed by atoms with E-state index in [1.807, 2.05) is 11.8 Å². The van der Waals surface area contributed by atoms with Gasteiger partial charge in [0.15, 0.2) is 5.82 Å². The van der Waals surface area contributed by atoms with E-state index < -0.39 is 5.82 Å². The monoisotopic (exact) mass is 279 g/mol. The number of nitrogens with zero attached hydrogens (tertiary/aromatic N) is 2. The van der Waals surface area contributed by atoms with Gasteiger partial charge in [-0.3, -0.25) is 0 Å². The maximum absolute atomic E-state index is 13.1. The van der Waals surface area contributed by atoms with Crippen molar-refractivity contribution in [3.8, 4) is 11.5 Å². The first-order chi connectivity index (χ1) is 9.24. The summed E-state index contributed by atoms with van der Waals surface area (Å²) >= 11 is 1.86. The van der Waals surface area contributed by atoms with Crippen molar-refractivity contribution >= 4 is 17.4 Å². The lowest BCUT2D eigenvalue weighted by molar-refractivity contribution is 0.420. The van der Waals surface area contributed by atoms with E-state index in [0.29, 0.717) is 16.7 Å². The van der Waals surface area contributed by atoms with Gasteiger partial charge in [-0.2, -0.15) is 16.7 Å². The van der Waals surface area contributed by atoms with Crippen LogP contribution < -0.4 is 5.73 Å². The number of aromatic nitrogens is 2. The Labute approximate surface area is 114 Å². The van der Waals surface area contributed by atoms with Crippen LogP contribution in [-0.4, -0.2) is 15.9 Å². The second-order valence-corrected chi connectivity index (χ2v) is 5.86. The number of nitrogen functional groups attached to an aromatic ring is 1. The van der Waals surface area contributed by atoms with Crippen LogP contribution >= 0.6 is 11.8 Å². The van der Waals surface area contributed by atoms with Gasteiger partial charge < -0.3 is 10.3 Å². The van der Waals surface area contributed by atoms with Gasteiger partial charge in [-0.15, -0.1) is 0 Å². The molecule has 1 atom stereocenters. The minimum atomic E-state index is -0.439. The summed E-state index contributed by atoms with van der Waals surface area (Å²) in [6.45, 7) is 0. The standard InChI is InChI=1S/C13H14FN3OS/c14-9-5-4-8(7-10(9)15)13-16-12(17-18-13)11-3-1-2-6-19-11/h4-5,7,11H,1-3,6,15H2. The molecule has 2 aromatic rings. The molecule has 2 heterocycles. The normalized spacial score (nSPS) is 19.5. The van der Waals surface area contributed by atoms with E-state index in [-0.39, 0.29) is 5.69 Å². The Morgan fingerprint density at radius 1 is 1.37 bits per heavy atom. The van der Waals surface area contributed by atoms with Crippen LogP contribution in [0, 0.1) is 5.82 Å². The minimum Gasteiger partial charge on any atom is -0.396 e. The van der Waals surface area contributed by atoms with Gasteiger partial charge in [-0.1, -0.05) is 11.6 Å². The molecule has 0 spiro atoms. The van der Waals surface area contributed by atoms with Crippen molar-refractivity contribution in [2.24, 2.45) is 0 Å². The fourth-order valence-electron chi connectivity index (χ4n) is 2.10. The van der Waals surface area contributed by atoms with E-state index in [1.54, 1.807) is 6.07 Å². The molecule has 0 bridgehead atoms. The van der Waals surface area contributed by atoms with Crippen molar-refractivity contribution in [1.82, 2.24) is 10.1 Å². The molecule has 1 aliphatic rings. The van der Waals surface area contributed by atoms with Crippen LogP contribution in [0.4, 0.5) is 10.1 Å². The van der Waals surface area contributed by atoms with Crippen molar-refractivity contribution in [3.63, 3.8) is 0 Å². The van der Waals surface area contributed by atoms with Crippen LogP contribution in [0.3, 0.4) is 0 Å². The Morgan fingerprint density at radius 2 is 2.26 bits per heavy atom. The van der Waals surface area contributed by atoms with Gasteiger partial charge in [-0.05, 0) is 36.8 Å². The molecule has 4 nitrogen and oxygen atoms in total. The fourth-order valence-corrected chi connectivity index (χ4v) is 3.34. The van der Waals surface area contributed by atoms with Gasteiger partial charge in [0.2, 0.25) is 0 Å². The predicted molar refractivity (Wildman–Crippen MR) is 73.2 cm³/mol. The lowest BCUT2D eigenvalue weighted by atomic mass is 10.2. The number of rotatable bonds is 2. The first kappa shape index (κ1) is 12.5. The number of halogens is 1. The summed E-state index contributed by atoms with van der Waals surface area (Å²) in [6.07, 6.45) is 3.53. The van der Waals surface area contributed by atoms with Crippen molar-refractivity contribution in [3.05, 3.63) is 29.8 Å². The highest BCUT2D eigenvalue weighted by Crippen LogP contribution is 2.37. The zero-order valence-electron chi connectivity index (χ0n) is 10.3. The summed E-state index contributed by atoms with van der Waals surface area (Å²) in [5.74, 6) is 1.82. The summed E-state index contributed by atoms with van der Waals surface area (Å²) in [5, 5.41) is 4.34. The first-order valence-electron chi connectivity index (χ1n) is 6.24. The molecule has 0 saturated carbocycles. The van der Waals surface area contributed by atoms with Crippen molar-refractivity contribution in [2.45, 2.75) is 24.5 Å². The summed E-state index contributed by atoms with van der Waals surface area (Å²) in [5.41, 5.74) is 6.28. The molecular weight excluding hydrogens is 265 g/mol. The minimum absolute atomic E-state index is 0.0873. The number of anilines is 1. The topological polar surface area (TPSA) is 64.9 Å². The van der Waals surface area contributed by atoms with Crippen LogP contribution in [0.5, 0.6) is 0 Å². The Morgan fingerprint density at radius 3 is 3.00 bits per heavy atom. The lowest BCUT2D eigenvalue weighted by Crippen LogP contribution is -2.03. The summed E-state index contributed by atoms with van der Waals surface area (Å²) < 4.78 is 18.4. The number of hydrogen-bond acceptors (Lipinski definition) is 5. The third kappa shape index (κ3) is 2.58. The molecule has 1 fully saturated rings. The zero-order chi connectivity index (χ0) is 13.2. The van der Waals surface area contributed by atoms with Gasteiger partial charge in [0.1, 0.15) is 5.82 Å². The second kappa shape index (κ2) is 5.21. The number of benzene rings is 1. The molecule has 1 saturated heterocycles. The first-order valence-corrected chi connectivity index (χ1v) is 7.29. The van der Waals surface area contributed by atoms with Gasteiger partial charge in [0, 0.05) is 5.56 Å². The summed E-state index contributed by atoms with van der Waals surface area (Å²) in [6, 6.07) is 4.42. The molecule has 1 aromatic carbocycles. The lowest BCUT2D eigenvalue weighted by Gasteiger charge is -2.17. The number of nitrogens with two attached hydrogens (primary N) is 1. The predicted octanol–water partition coefficient (Wildman–Crippen LogP) is 3.42. The van der Waals surface area contributed by atoms with Crippen molar-refractivity contribution in [1.29, 1.82) is 0 Å². The van der Waals surface area contributed by atoms with Gasteiger partial charge in [-0.25, -0.2) is 4.39 Å². The van der Waals surface area contributed by atoms with E-state index in [9.17, 15) is 4.39 Å². The largest absolute Gasteiger partial charge is 0.396 e. The van der Waals surface area contributed by atoms with E-state index in [0.717, 1.165) is 18.0 Å². The average Bonchev–Trinajstić information content (AvgIpc) is 2.93. The summed E-state index contributed by atoms with van der Waals surface area (Å²) in [4.78, 5) is 4.40. The molecular formula is C13H14FN3OS. The van der Waals surface area contributed by atoms with Gasteiger partial charge in [0.05, 0.1) is 10.9 Å². The Hall–Kier alpha value is -1.56. The smallest absolute Gasteiger partial charge is 0.258 e. The van der Waals surface area contributed by atoms with Crippen LogP contribution in [0.1, 0.15) is 30.3 Å². The Balaban J connectivity index is 1.85. The van der Waals surface area contributed by atoms with Crippen molar-refractivity contribution < 1.29 is 8.91 Å². The van der Waals surface area contributed by atoms with Crippen LogP contribution in [0.15, 0.2) is 22.7 Å². The van der Waals surface area contributed by atoms with Crippen LogP contribution in [-0.2, 0) is 0 Å². The Kier molecular flexibility index (Phi) is 3.42.